The van der Waals surface area contributed by atoms with Crippen molar-refractivity contribution >= 4 is 5.91 Å². The zero-order valence-corrected chi connectivity index (χ0v) is 12.9. The fourth-order valence-electron chi connectivity index (χ4n) is 2.56. The topological polar surface area (TPSA) is 76.0 Å². The first kappa shape index (κ1) is 16.5. The SMILES string of the molecule is Cc1cnc([C@@H]2COCCN2C(=O)Cn2ccc(C(F)(F)F)n2)[nH]1. The minimum absolute atomic E-state index is 0.272. The van der Waals surface area contributed by atoms with Crippen LogP contribution < -0.4 is 0 Å². The number of carbonyl (C=O) groups excluding carboxylic acids is 1. The van der Waals surface area contributed by atoms with Gasteiger partial charge in [0, 0.05) is 24.6 Å². The van der Waals surface area contributed by atoms with Crippen LogP contribution in [-0.2, 0) is 22.3 Å². The van der Waals surface area contributed by atoms with E-state index in [2.05, 4.69) is 15.1 Å². The van der Waals surface area contributed by atoms with Crippen molar-refractivity contribution in [3.05, 3.63) is 35.7 Å². The highest BCUT2D eigenvalue weighted by atomic mass is 19.4. The monoisotopic (exact) mass is 343 g/mol. The predicted molar refractivity (Wildman–Crippen MR) is 75.8 cm³/mol. The van der Waals surface area contributed by atoms with E-state index in [1.54, 1.807) is 11.1 Å². The third kappa shape index (κ3) is 3.42. The van der Waals surface area contributed by atoms with Crippen LogP contribution in [0.25, 0.3) is 0 Å². The van der Waals surface area contributed by atoms with E-state index in [0.717, 1.165) is 22.6 Å². The zero-order valence-electron chi connectivity index (χ0n) is 12.9. The number of carbonyl (C=O) groups is 1. The molecule has 0 aliphatic carbocycles. The number of nitrogens with zero attached hydrogens (tertiary/aromatic N) is 4. The molecule has 3 heterocycles. The summed E-state index contributed by atoms with van der Waals surface area (Å²) in [6, 6.07) is 0.456. The van der Waals surface area contributed by atoms with Crippen molar-refractivity contribution in [1.82, 2.24) is 24.6 Å². The highest BCUT2D eigenvalue weighted by Gasteiger charge is 2.34. The molecule has 0 radical (unpaired) electrons. The van der Waals surface area contributed by atoms with Gasteiger partial charge in [-0.1, -0.05) is 0 Å². The Balaban J connectivity index is 1.73. The molecule has 1 aliphatic heterocycles. The lowest BCUT2D eigenvalue weighted by Gasteiger charge is -2.34. The minimum Gasteiger partial charge on any atom is -0.377 e. The summed E-state index contributed by atoms with van der Waals surface area (Å²) in [4.78, 5) is 21.3. The van der Waals surface area contributed by atoms with Crippen LogP contribution in [-0.4, -0.2) is 50.3 Å². The number of imidazole rings is 1. The van der Waals surface area contributed by atoms with E-state index in [1.165, 1.54) is 0 Å². The summed E-state index contributed by atoms with van der Waals surface area (Å²) < 4.78 is 44.1. The largest absolute Gasteiger partial charge is 0.435 e. The fraction of sp³-hybridized carbons (Fsp3) is 0.500. The van der Waals surface area contributed by atoms with Gasteiger partial charge in [-0.3, -0.25) is 9.48 Å². The molecular weight excluding hydrogens is 327 g/mol. The molecule has 1 aliphatic rings. The van der Waals surface area contributed by atoms with Crippen LogP contribution in [0.3, 0.4) is 0 Å². The number of H-pyrrole nitrogens is 1. The average Bonchev–Trinajstić information content (AvgIpc) is 3.16. The lowest BCUT2D eigenvalue weighted by Crippen LogP contribution is -2.45. The second kappa shape index (κ2) is 6.27. The van der Waals surface area contributed by atoms with Crippen LogP contribution in [0.5, 0.6) is 0 Å². The molecule has 1 saturated heterocycles. The fourth-order valence-corrected chi connectivity index (χ4v) is 2.56. The van der Waals surface area contributed by atoms with Crippen molar-refractivity contribution in [1.29, 1.82) is 0 Å². The van der Waals surface area contributed by atoms with Crippen LogP contribution in [0.4, 0.5) is 13.2 Å². The molecule has 1 atom stereocenters. The first-order valence-corrected chi connectivity index (χ1v) is 7.34. The van der Waals surface area contributed by atoms with Crippen LogP contribution in [0.15, 0.2) is 18.5 Å². The Hall–Kier alpha value is -2.36. The summed E-state index contributed by atoms with van der Waals surface area (Å²) in [7, 11) is 0. The van der Waals surface area contributed by atoms with Gasteiger partial charge in [-0.15, -0.1) is 0 Å². The molecule has 1 amide bonds. The molecule has 3 rings (SSSR count). The summed E-state index contributed by atoms with van der Waals surface area (Å²) in [5, 5.41) is 3.41. The standard InChI is InChI=1S/C14H16F3N5O2/c1-9-6-18-13(19-9)10-8-24-5-4-22(10)12(23)7-21-3-2-11(20-21)14(15,16)17/h2-3,6,10H,4-5,7-8H2,1H3,(H,18,19)/t10-/m0/s1. The molecule has 10 heteroatoms. The number of aromatic nitrogens is 4. The van der Waals surface area contributed by atoms with Gasteiger partial charge < -0.3 is 14.6 Å². The van der Waals surface area contributed by atoms with Gasteiger partial charge in [0.2, 0.25) is 5.91 Å². The number of alkyl halides is 3. The number of morpholine rings is 1. The van der Waals surface area contributed by atoms with Gasteiger partial charge >= 0.3 is 6.18 Å². The number of hydrogen-bond acceptors (Lipinski definition) is 4. The Morgan fingerprint density at radius 3 is 2.92 bits per heavy atom. The highest BCUT2D eigenvalue weighted by Crippen LogP contribution is 2.27. The average molecular weight is 343 g/mol. The molecule has 0 unspecified atom stereocenters. The van der Waals surface area contributed by atoms with Crippen molar-refractivity contribution in [2.24, 2.45) is 0 Å². The second-order valence-corrected chi connectivity index (χ2v) is 5.53. The summed E-state index contributed by atoms with van der Waals surface area (Å²) in [5.74, 6) is 0.256. The number of aryl methyl sites for hydroxylation is 1. The Bertz CT molecular complexity index is 724. The molecule has 1 fully saturated rings. The van der Waals surface area contributed by atoms with E-state index < -0.39 is 17.9 Å². The van der Waals surface area contributed by atoms with E-state index in [-0.39, 0.29) is 19.1 Å². The maximum Gasteiger partial charge on any atom is 0.435 e. The lowest BCUT2D eigenvalue weighted by atomic mass is 10.2. The van der Waals surface area contributed by atoms with Gasteiger partial charge in [-0.05, 0) is 13.0 Å². The van der Waals surface area contributed by atoms with Crippen LogP contribution in [0.2, 0.25) is 0 Å². The summed E-state index contributed by atoms with van der Waals surface area (Å²) >= 11 is 0. The second-order valence-electron chi connectivity index (χ2n) is 5.53. The van der Waals surface area contributed by atoms with Crippen molar-refractivity contribution in [3.8, 4) is 0 Å². The first-order chi connectivity index (χ1) is 11.3. The van der Waals surface area contributed by atoms with Gasteiger partial charge in [0.05, 0.1) is 13.2 Å². The van der Waals surface area contributed by atoms with Crippen LogP contribution in [0, 0.1) is 6.92 Å². The Morgan fingerprint density at radius 1 is 1.50 bits per heavy atom. The maximum absolute atomic E-state index is 12.6. The predicted octanol–water partition coefficient (Wildman–Crippen LogP) is 1.53. The Kier molecular flexibility index (Phi) is 4.31. The van der Waals surface area contributed by atoms with Gasteiger partial charge in [0.25, 0.3) is 0 Å². The molecule has 0 aromatic carbocycles. The van der Waals surface area contributed by atoms with Crippen molar-refractivity contribution < 1.29 is 22.7 Å². The summed E-state index contributed by atoms with van der Waals surface area (Å²) in [6.45, 7) is 2.57. The van der Waals surface area contributed by atoms with Crippen LogP contribution >= 0.6 is 0 Å². The smallest absolute Gasteiger partial charge is 0.377 e. The van der Waals surface area contributed by atoms with E-state index >= 15 is 0 Å². The van der Waals surface area contributed by atoms with Gasteiger partial charge in [0.15, 0.2) is 5.69 Å². The summed E-state index contributed by atoms with van der Waals surface area (Å²) in [6.07, 6.45) is -1.73. The Morgan fingerprint density at radius 2 is 2.29 bits per heavy atom. The van der Waals surface area contributed by atoms with Crippen molar-refractivity contribution in [2.75, 3.05) is 19.8 Å². The molecule has 0 bridgehead atoms. The highest BCUT2D eigenvalue weighted by molar-refractivity contribution is 5.76. The quantitative estimate of drug-likeness (QED) is 0.917. The molecular formula is C14H16F3N5O2. The molecule has 7 nitrogen and oxygen atoms in total. The van der Waals surface area contributed by atoms with E-state index in [0.29, 0.717) is 19.0 Å². The normalized spacial score (nSPS) is 18.8. The molecule has 0 saturated carbocycles. The first-order valence-electron chi connectivity index (χ1n) is 7.34. The van der Waals surface area contributed by atoms with E-state index in [1.807, 2.05) is 6.92 Å². The molecule has 2 aromatic heterocycles. The number of ether oxygens (including phenoxy) is 1. The molecule has 1 N–H and O–H groups in total. The van der Waals surface area contributed by atoms with Crippen LogP contribution in [0.1, 0.15) is 23.3 Å². The molecule has 24 heavy (non-hydrogen) atoms. The number of nitrogens with one attached hydrogen (secondary N) is 1. The summed E-state index contributed by atoms with van der Waals surface area (Å²) in [5.41, 5.74) is -0.166. The third-order valence-electron chi connectivity index (χ3n) is 3.72. The molecule has 130 valence electrons. The van der Waals surface area contributed by atoms with Gasteiger partial charge in [-0.2, -0.15) is 18.3 Å². The van der Waals surface area contributed by atoms with Gasteiger partial charge in [-0.25, -0.2) is 4.98 Å². The number of halogens is 3. The van der Waals surface area contributed by atoms with E-state index in [9.17, 15) is 18.0 Å². The Labute approximate surface area is 135 Å². The minimum atomic E-state index is -4.53. The molecule has 0 spiro atoms. The number of rotatable bonds is 3. The number of aromatic amines is 1. The zero-order chi connectivity index (χ0) is 17.3. The van der Waals surface area contributed by atoms with Gasteiger partial charge in [0.1, 0.15) is 18.4 Å². The van der Waals surface area contributed by atoms with E-state index in [4.69, 9.17) is 4.74 Å². The number of hydrogen-bond donors (Lipinski definition) is 1. The van der Waals surface area contributed by atoms with Crippen molar-refractivity contribution in [2.45, 2.75) is 25.7 Å². The number of amides is 1. The molecule has 2 aromatic rings. The third-order valence-corrected chi connectivity index (χ3v) is 3.72. The lowest BCUT2D eigenvalue weighted by molar-refractivity contribution is -0.144. The van der Waals surface area contributed by atoms with Crippen molar-refractivity contribution in [3.63, 3.8) is 0 Å². The maximum atomic E-state index is 12.6.